The molecule has 1 nitrogen and oxygen atoms in total. The van der Waals surface area contributed by atoms with Crippen LogP contribution in [0.4, 0.5) is 17.1 Å². The number of nitrogens with zero attached hydrogens (tertiary/aromatic N) is 1. The van der Waals surface area contributed by atoms with Crippen LogP contribution in [0.2, 0.25) is 0 Å². The van der Waals surface area contributed by atoms with Gasteiger partial charge in [0, 0.05) is 22.4 Å². The number of hydrogen-bond acceptors (Lipinski definition) is 1. The molecule has 0 unspecified atom stereocenters. The monoisotopic (exact) mass is 745 g/mol. The van der Waals surface area contributed by atoms with Gasteiger partial charge in [-0.05, 0) is 113 Å². The minimum atomic E-state index is -0.0700. The summed E-state index contributed by atoms with van der Waals surface area (Å²) in [7, 11) is 0. The molecule has 0 saturated carbocycles. The SMILES string of the molecule is CC(C)(C)c1ccc(-c2ccc(-c3ccc(N(c4ccc5c(c4)-c4ccccc4C5(C)C)c4ccc5ccccc5c4-c4cccc5ccccc45)cc3)cc2)cc1. The summed E-state index contributed by atoms with van der Waals surface area (Å²) >= 11 is 0. The van der Waals surface area contributed by atoms with Gasteiger partial charge >= 0.3 is 0 Å². The number of rotatable bonds is 6. The third kappa shape index (κ3) is 6.01. The van der Waals surface area contributed by atoms with E-state index in [9.17, 15) is 0 Å². The van der Waals surface area contributed by atoms with Crippen LogP contribution in [0, 0.1) is 0 Å². The Bertz CT molecular complexity index is 2970. The maximum Gasteiger partial charge on any atom is 0.0546 e. The summed E-state index contributed by atoms with van der Waals surface area (Å²) in [6, 6.07) is 72.1. The highest BCUT2D eigenvalue weighted by Gasteiger charge is 2.35. The zero-order chi connectivity index (χ0) is 39.6. The van der Waals surface area contributed by atoms with E-state index in [1.54, 1.807) is 0 Å². The predicted molar refractivity (Wildman–Crippen MR) is 249 cm³/mol. The smallest absolute Gasteiger partial charge is 0.0546 e. The van der Waals surface area contributed by atoms with E-state index in [2.05, 4.69) is 234 Å². The molecule has 0 heterocycles. The summed E-state index contributed by atoms with van der Waals surface area (Å²) in [5.74, 6) is 0. The molecular formula is C57H47N. The van der Waals surface area contributed by atoms with Crippen molar-refractivity contribution < 1.29 is 0 Å². The van der Waals surface area contributed by atoms with E-state index in [0.29, 0.717) is 0 Å². The van der Waals surface area contributed by atoms with Crippen molar-refractivity contribution in [1.29, 1.82) is 0 Å². The van der Waals surface area contributed by atoms with E-state index in [1.807, 2.05) is 0 Å². The first-order valence-electron chi connectivity index (χ1n) is 20.5. The topological polar surface area (TPSA) is 3.24 Å². The van der Waals surface area contributed by atoms with Gasteiger partial charge < -0.3 is 4.90 Å². The van der Waals surface area contributed by atoms with Crippen molar-refractivity contribution in [3.05, 3.63) is 211 Å². The third-order valence-electron chi connectivity index (χ3n) is 12.5. The van der Waals surface area contributed by atoms with Crippen LogP contribution >= 0.6 is 0 Å². The summed E-state index contributed by atoms with van der Waals surface area (Å²) in [6.07, 6.45) is 0. The van der Waals surface area contributed by atoms with Crippen molar-refractivity contribution in [2.75, 3.05) is 4.90 Å². The molecule has 10 rings (SSSR count). The highest BCUT2D eigenvalue weighted by Crippen LogP contribution is 2.52. The fourth-order valence-electron chi connectivity index (χ4n) is 9.27. The predicted octanol–water partition coefficient (Wildman–Crippen LogP) is 16.1. The molecule has 0 radical (unpaired) electrons. The van der Waals surface area contributed by atoms with Crippen LogP contribution in [-0.2, 0) is 10.8 Å². The van der Waals surface area contributed by atoms with E-state index in [1.165, 1.54) is 82.7 Å². The lowest BCUT2D eigenvalue weighted by molar-refractivity contribution is 0.590. The van der Waals surface area contributed by atoms with Gasteiger partial charge in [-0.25, -0.2) is 0 Å². The van der Waals surface area contributed by atoms with E-state index < -0.39 is 0 Å². The normalized spacial score (nSPS) is 13.1. The highest BCUT2D eigenvalue weighted by molar-refractivity contribution is 6.11. The van der Waals surface area contributed by atoms with Crippen molar-refractivity contribution in [1.82, 2.24) is 0 Å². The van der Waals surface area contributed by atoms with Gasteiger partial charge in [0.25, 0.3) is 0 Å². The molecule has 58 heavy (non-hydrogen) atoms. The largest absolute Gasteiger partial charge is 0.310 e. The molecule has 0 fully saturated rings. The minimum absolute atomic E-state index is 0.0700. The van der Waals surface area contributed by atoms with Gasteiger partial charge in [-0.2, -0.15) is 0 Å². The molecule has 0 spiro atoms. The van der Waals surface area contributed by atoms with Crippen LogP contribution in [0.25, 0.3) is 66.1 Å². The number of benzene rings is 9. The first-order chi connectivity index (χ1) is 28.1. The number of anilines is 3. The van der Waals surface area contributed by atoms with Gasteiger partial charge in [0.05, 0.1) is 5.69 Å². The molecule has 1 aliphatic rings. The van der Waals surface area contributed by atoms with Crippen LogP contribution < -0.4 is 4.90 Å². The Hall–Kier alpha value is -6.70. The van der Waals surface area contributed by atoms with Crippen molar-refractivity contribution >= 4 is 38.6 Å². The van der Waals surface area contributed by atoms with Crippen molar-refractivity contribution in [3.63, 3.8) is 0 Å². The molecule has 9 aromatic rings. The van der Waals surface area contributed by atoms with Crippen molar-refractivity contribution in [2.24, 2.45) is 0 Å². The molecule has 1 heteroatoms. The molecule has 1 aliphatic carbocycles. The average molecular weight is 746 g/mol. The fourth-order valence-corrected chi connectivity index (χ4v) is 9.27. The summed E-state index contributed by atoms with van der Waals surface area (Å²) in [5, 5.41) is 4.94. The Morgan fingerprint density at radius 1 is 0.397 bits per heavy atom. The summed E-state index contributed by atoms with van der Waals surface area (Å²) < 4.78 is 0. The van der Waals surface area contributed by atoms with E-state index >= 15 is 0 Å². The lowest BCUT2D eigenvalue weighted by Crippen LogP contribution is -2.15. The number of fused-ring (bicyclic) bond motifs is 5. The molecule has 0 amide bonds. The molecular weight excluding hydrogens is 699 g/mol. The van der Waals surface area contributed by atoms with Crippen molar-refractivity contribution in [3.8, 4) is 44.5 Å². The van der Waals surface area contributed by atoms with Crippen LogP contribution in [0.1, 0.15) is 51.3 Å². The standard InChI is InChI=1S/C57H47N/c1-56(2,3)44-30-25-40(26-31-44)38-21-23-39(24-22-38)41-27-32-45(33-28-41)58(46-34-35-53-51(37-46)49-18-10-11-20-52(49)57(53,4)5)54-36-29-43-14-7-9-17-48(43)55(54)50-19-12-15-42-13-6-8-16-47(42)50/h6-37H,1-5H3. The second-order valence-corrected chi connectivity index (χ2v) is 17.4. The first kappa shape index (κ1) is 35.7. The number of hydrogen-bond donors (Lipinski definition) is 0. The Kier molecular flexibility index (Phi) is 8.46. The Balaban J connectivity index is 1.13. The summed E-state index contributed by atoms with van der Waals surface area (Å²) in [4.78, 5) is 2.48. The Labute approximate surface area is 342 Å². The van der Waals surface area contributed by atoms with E-state index in [-0.39, 0.29) is 10.8 Å². The highest BCUT2D eigenvalue weighted by atomic mass is 15.1. The van der Waals surface area contributed by atoms with E-state index in [4.69, 9.17) is 0 Å². The maximum absolute atomic E-state index is 2.48. The average Bonchev–Trinajstić information content (AvgIpc) is 3.49. The molecule has 0 atom stereocenters. The Morgan fingerprint density at radius 2 is 0.897 bits per heavy atom. The molecule has 280 valence electrons. The lowest BCUT2D eigenvalue weighted by atomic mass is 9.82. The van der Waals surface area contributed by atoms with Gasteiger partial charge in [0.15, 0.2) is 0 Å². The quantitative estimate of drug-likeness (QED) is 0.164. The molecule has 0 aromatic heterocycles. The first-order valence-corrected chi connectivity index (χ1v) is 20.5. The van der Waals surface area contributed by atoms with Crippen LogP contribution in [-0.4, -0.2) is 0 Å². The van der Waals surface area contributed by atoms with E-state index in [0.717, 1.165) is 17.1 Å². The fraction of sp³-hybridized carbons (Fsp3) is 0.123. The van der Waals surface area contributed by atoms with Gasteiger partial charge in [-0.1, -0.05) is 198 Å². The van der Waals surface area contributed by atoms with Gasteiger partial charge in [0.1, 0.15) is 0 Å². The van der Waals surface area contributed by atoms with Gasteiger partial charge in [0.2, 0.25) is 0 Å². The molecule has 0 saturated heterocycles. The second-order valence-electron chi connectivity index (χ2n) is 17.4. The Morgan fingerprint density at radius 3 is 1.57 bits per heavy atom. The third-order valence-corrected chi connectivity index (χ3v) is 12.5. The minimum Gasteiger partial charge on any atom is -0.310 e. The molecule has 9 aromatic carbocycles. The van der Waals surface area contributed by atoms with Crippen LogP contribution in [0.5, 0.6) is 0 Å². The zero-order valence-corrected chi connectivity index (χ0v) is 33.9. The summed E-state index contributed by atoms with van der Waals surface area (Å²) in [6.45, 7) is 11.5. The van der Waals surface area contributed by atoms with Crippen LogP contribution in [0.15, 0.2) is 194 Å². The molecule has 0 aliphatic heterocycles. The van der Waals surface area contributed by atoms with Crippen molar-refractivity contribution in [2.45, 2.75) is 45.4 Å². The molecule has 0 N–H and O–H groups in total. The van der Waals surface area contributed by atoms with Gasteiger partial charge in [-0.3, -0.25) is 0 Å². The molecule has 0 bridgehead atoms. The zero-order valence-electron chi connectivity index (χ0n) is 33.9. The van der Waals surface area contributed by atoms with Crippen LogP contribution in [0.3, 0.4) is 0 Å². The lowest BCUT2D eigenvalue weighted by Gasteiger charge is -2.30. The summed E-state index contributed by atoms with van der Waals surface area (Å²) in [5.41, 5.74) is 17.5. The maximum atomic E-state index is 2.48. The second kappa shape index (κ2) is 13.7. The van der Waals surface area contributed by atoms with Gasteiger partial charge in [-0.15, -0.1) is 0 Å².